The van der Waals surface area contributed by atoms with E-state index in [0.29, 0.717) is 5.92 Å². The van der Waals surface area contributed by atoms with Crippen molar-refractivity contribution >= 4 is 0 Å². The van der Waals surface area contributed by atoms with Crippen molar-refractivity contribution < 1.29 is 0 Å². The van der Waals surface area contributed by atoms with E-state index < -0.39 is 0 Å². The van der Waals surface area contributed by atoms with Crippen molar-refractivity contribution in [1.82, 2.24) is 0 Å². The van der Waals surface area contributed by atoms with Crippen molar-refractivity contribution in [1.29, 1.82) is 0 Å². The smallest absolute Gasteiger partial charge is 0.0693 e. The maximum absolute atomic E-state index is 5.89. The van der Waals surface area contributed by atoms with Crippen LogP contribution in [0.3, 0.4) is 0 Å². The van der Waals surface area contributed by atoms with Gasteiger partial charge in [-0.25, -0.2) is 0 Å². The second kappa shape index (κ2) is 4.41. The Hall–Kier alpha value is -0.480. The van der Waals surface area contributed by atoms with Crippen LogP contribution >= 0.6 is 0 Å². The quantitative estimate of drug-likeness (QED) is 0.569. The fourth-order valence-corrected chi connectivity index (χ4v) is 1.78. The van der Waals surface area contributed by atoms with E-state index in [2.05, 4.69) is 11.8 Å². The Kier molecular flexibility index (Phi) is 3.45. The summed E-state index contributed by atoms with van der Waals surface area (Å²) in [4.78, 5) is 0. The summed E-state index contributed by atoms with van der Waals surface area (Å²) < 4.78 is 0. The molecule has 1 fully saturated rings. The van der Waals surface area contributed by atoms with E-state index in [9.17, 15) is 0 Å². The lowest BCUT2D eigenvalue weighted by atomic mass is 9.84. The van der Waals surface area contributed by atoms with Gasteiger partial charge in [-0.05, 0) is 25.7 Å². The zero-order valence-electron chi connectivity index (χ0n) is 7.27. The van der Waals surface area contributed by atoms with Gasteiger partial charge in [-0.3, -0.25) is 0 Å². The third kappa shape index (κ3) is 2.55. The normalized spacial score (nSPS) is 22.0. The highest BCUT2D eigenvalue weighted by molar-refractivity contribution is 5.06. The van der Waals surface area contributed by atoms with Gasteiger partial charge in [0.15, 0.2) is 0 Å². The van der Waals surface area contributed by atoms with Crippen LogP contribution in [-0.2, 0) is 0 Å². The summed E-state index contributed by atoms with van der Waals surface area (Å²) in [6.45, 7) is 1.86. The molecule has 0 aliphatic heterocycles. The Morgan fingerprint density at radius 1 is 1.27 bits per heavy atom. The SMILES string of the molecule is CC#CC(N)C1CCCCC1. The largest absolute Gasteiger partial charge is 0.317 e. The molecule has 1 nitrogen and oxygen atoms in total. The molecule has 1 aliphatic carbocycles. The molecule has 1 rings (SSSR count). The maximum atomic E-state index is 5.89. The first-order valence-corrected chi connectivity index (χ1v) is 4.52. The lowest BCUT2D eigenvalue weighted by molar-refractivity contribution is 0.337. The van der Waals surface area contributed by atoms with Crippen LogP contribution in [0, 0.1) is 17.8 Å². The van der Waals surface area contributed by atoms with Gasteiger partial charge in [0.25, 0.3) is 0 Å². The lowest BCUT2D eigenvalue weighted by Crippen LogP contribution is -2.29. The molecule has 1 aliphatic rings. The average molecular weight is 151 g/mol. The summed E-state index contributed by atoms with van der Waals surface area (Å²) in [6.07, 6.45) is 6.67. The van der Waals surface area contributed by atoms with Crippen LogP contribution in [0.5, 0.6) is 0 Å². The second-order valence-corrected chi connectivity index (χ2v) is 3.32. The first kappa shape index (κ1) is 8.62. The predicted molar refractivity (Wildman–Crippen MR) is 48.0 cm³/mol. The van der Waals surface area contributed by atoms with Crippen molar-refractivity contribution in [2.75, 3.05) is 0 Å². The highest BCUT2D eigenvalue weighted by Gasteiger charge is 2.18. The van der Waals surface area contributed by atoms with E-state index in [4.69, 9.17) is 5.73 Å². The van der Waals surface area contributed by atoms with Crippen molar-refractivity contribution in [2.45, 2.75) is 45.1 Å². The van der Waals surface area contributed by atoms with Crippen LogP contribution in [0.1, 0.15) is 39.0 Å². The minimum absolute atomic E-state index is 0.139. The van der Waals surface area contributed by atoms with Crippen LogP contribution in [0.4, 0.5) is 0 Å². The Labute approximate surface area is 69.4 Å². The molecular weight excluding hydrogens is 134 g/mol. The molecule has 0 radical (unpaired) electrons. The molecular formula is C10H17N. The Morgan fingerprint density at radius 3 is 2.45 bits per heavy atom. The zero-order chi connectivity index (χ0) is 8.10. The molecule has 1 unspecified atom stereocenters. The number of hydrogen-bond acceptors (Lipinski definition) is 1. The number of hydrogen-bond donors (Lipinski definition) is 1. The topological polar surface area (TPSA) is 26.0 Å². The van der Waals surface area contributed by atoms with E-state index in [1.54, 1.807) is 0 Å². The molecule has 0 spiro atoms. The summed E-state index contributed by atoms with van der Waals surface area (Å²) >= 11 is 0. The Balaban J connectivity index is 2.36. The van der Waals surface area contributed by atoms with Gasteiger partial charge in [-0.2, -0.15) is 0 Å². The summed E-state index contributed by atoms with van der Waals surface area (Å²) in [7, 11) is 0. The van der Waals surface area contributed by atoms with Gasteiger partial charge in [0.05, 0.1) is 6.04 Å². The van der Waals surface area contributed by atoms with Gasteiger partial charge >= 0.3 is 0 Å². The van der Waals surface area contributed by atoms with Crippen LogP contribution in [0.2, 0.25) is 0 Å². The molecule has 62 valence electrons. The average Bonchev–Trinajstić information content (AvgIpc) is 2.07. The molecule has 1 saturated carbocycles. The standard InChI is InChI=1S/C10H17N/c1-2-6-10(11)9-7-4-3-5-8-9/h9-10H,3-5,7-8,11H2,1H3. The third-order valence-corrected chi connectivity index (χ3v) is 2.47. The first-order chi connectivity index (χ1) is 5.34. The van der Waals surface area contributed by atoms with Crippen molar-refractivity contribution in [3.05, 3.63) is 0 Å². The van der Waals surface area contributed by atoms with Crippen LogP contribution in [0.15, 0.2) is 0 Å². The minimum Gasteiger partial charge on any atom is -0.317 e. The van der Waals surface area contributed by atoms with E-state index in [0.717, 1.165) is 0 Å². The van der Waals surface area contributed by atoms with Gasteiger partial charge in [0.2, 0.25) is 0 Å². The lowest BCUT2D eigenvalue weighted by Gasteiger charge is -2.23. The van der Waals surface area contributed by atoms with Crippen LogP contribution in [-0.4, -0.2) is 6.04 Å². The van der Waals surface area contributed by atoms with Crippen molar-refractivity contribution in [3.8, 4) is 11.8 Å². The highest BCUT2D eigenvalue weighted by atomic mass is 14.6. The molecule has 0 amide bonds. The summed E-state index contributed by atoms with van der Waals surface area (Å²) in [5.41, 5.74) is 5.89. The monoisotopic (exact) mass is 151 g/mol. The van der Waals surface area contributed by atoms with E-state index in [1.165, 1.54) is 32.1 Å². The van der Waals surface area contributed by atoms with E-state index in [1.807, 2.05) is 6.92 Å². The Bertz CT molecular complexity index is 157. The molecule has 0 aromatic carbocycles. The maximum Gasteiger partial charge on any atom is 0.0693 e. The van der Waals surface area contributed by atoms with Gasteiger partial charge in [-0.15, -0.1) is 5.92 Å². The summed E-state index contributed by atoms with van der Waals surface area (Å²) in [6, 6.07) is 0.139. The zero-order valence-corrected chi connectivity index (χ0v) is 7.27. The Morgan fingerprint density at radius 2 is 1.91 bits per heavy atom. The molecule has 11 heavy (non-hydrogen) atoms. The third-order valence-electron chi connectivity index (χ3n) is 2.47. The fourth-order valence-electron chi connectivity index (χ4n) is 1.78. The second-order valence-electron chi connectivity index (χ2n) is 3.32. The first-order valence-electron chi connectivity index (χ1n) is 4.52. The fraction of sp³-hybridized carbons (Fsp3) is 0.800. The van der Waals surface area contributed by atoms with Crippen molar-refractivity contribution in [2.24, 2.45) is 11.7 Å². The predicted octanol–water partition coefficient (Wildman–Crippen LogP) is 1.92. The van der Waals surface area contributed by atoms with Crippen LogP contribution < -0.4 is 5.73 Å². The minimum atomic E-state index is 0.139. The summed E-state index contributed by atoms with van der Waals surface area (Å²) in [5, 5.41) is 0. The van der Waals surface area contributed by atoms with Gasteiger partial charge in [-0.1, -0.05) is 25.2 Å². The van der Waals surface area contributed by atoms with Crippen LogP contribution in [0.25, 0.3) is 0 Å². The number of nitrogens with two attached hydrogens (primary N) is 1. The highest BCUT2D eigenvalue weighted by Crippen LogP contribution is 2.25. The molecule has 0 saturated heterocycles. The van der Waals surface area contributed by atoms with E-state index >= 15 is 0 Å². The molecule has 2 N–H and O–H groups in total. The van der Waals surface area contributed by atoms with Gasteiger partial charge in [0, 0.05) is 0 Å². The number of rotatable bonds is 1. The molecule has 1 atom stereocenters. The van der Waals surface area contributed by atoms with Gasteiger partial charge < -0.3 is 5.73 Å². The molecule has 0 aromatic heterocycles. The molecule has 1 heteroatoms. The molecule has 0 heterocycles. The van der Waals surface area contributed by atoms with E-state index in [-0.39, 0.29) is 6.04 Å². The van der Waals surface area contributed by atoms with Crippen molar-refractivity contribution in [3.63, 3.8) is 0 Å². The summed E-state index contributed by atoms with van der Waals surface area (Å²) in [5.74, 6) is 6.61. The molecule has 0 bridgehead atoms. The molecule has 0 aromatic rings. The van der Waals surface area contributed by atoms with Gasteiger partial charge in [0.1, 0.15) is 0 Å².